The highest BCUT2D eigenvalue weighted by Crippen LogP contribution is 2.17. The molecule has 0 heterocycles. The Labute approximate surface area is 123 Å². The lowest BCUT2D eigenvalue weighted by atomic mass is 10.1. The molecular weight excluding hydrogens is 272 g/mol. The van der Waals surface area contributed by atoms with Gasteiger partial charge in [-0.1, -0.05) is 32.9 Å². The molecule has 0 fully saturated rings. The van der Waals surface area contributed by atoms with Crippen molar-refractivity contribution < 1.29 is 8.42 Å². The minimum atomic E-state index is -3.24. The zero-order chi connectivity index (χ0) is 15.2. The third-order valence-electron chi connectivity index (χ3n) is 3.26. The molecule has 0 bridgehead atoms. The van der Waals surface area contributed by atoms with E-state index in [9.17, 15) is 8.42 Å². The smallest absolute Gasteiger partial charge is 0.234 e. The number of rotatable bonds is 8. The number of nitrogens with zero attached hydrogens (tertiary/aromatic N) is 1. The molecule has 4 nitrogen and oxygen atoms in total. The van der Waals surface area contributed by atoms with E-state index in [0.717, 1.165) is 18.7 Å². The summed E-state index contributed by atoms with van der Waals surface area (Å²) < 4.78 is 25.8. The monoisotopic (exact) mass is 298 g/mol. The van der Waals surface area contributed by atoms with Crippen LogP contribution < -0.4 is 9.62 Å². The average molecular weight is 298 g/mol. The highest BCUT2D eigenvalue weighted by Gasteiger charge is 2.17. The minimum absolute atomic E-state index is 0.165. The lowest BCUT2D eigenvalue weighted by Gasteiger charge is -2.20. The molecule has 0 saturated heterocycles. The van der Waals surface area contributed by atoms with Gasteiger partial charge in [0.25, 0.3) is 0 Å². The Morgan fingerprint density at radius 3 is 2.30 bits per heavy atom. The number of hydrogen-bond donors (Lipinski definition) is 1. The Morgan fingerprint density at radius 1 is 1.20 bits per heavy atom. The van der Waals surface area contributed by atoms with Gasteiger partial charge in [-0.2, -0.15) is 0 Å². The van der Waals surface area contributed by atoms with Crippen LogP contribution in [0.5, 0.6) is 0 Å². The van der Waals surface area contributed by atoms with E-state index in [1.807, 2.05) is 24.3 Å². The molecule has 0 atom stereocenters. The van der Waals surface area contributed by atoms with Crippen molar-refractivity contribution in [3.05, 3.63) is 29.8 Å². The standard InChI is InChI=1S/C15H26N2O2S/c1-5-14-7-9-15(10-8-14)17(4)20(18,19)12-6-11-16-13(2)3/h7-10,13,16H,5-6,11-12H2,1-4H3. The van der Waals surface area contributed by atoms with Crippen LogP contribution in [0.2, 0.25) is 0 Å². The average Bonchev–Trinajstić information content (AvgIpc) is 2.43. The van der Waals surface area contributed by atoms with Gasteiger partial charge in [0, 0.05) is 13.1 Å². The van der Waals surface area contributed by atoms with E-state index in [2.05, 4.69) is 26.1 Å². The molecule has 1 aromatic carbocycles. The van der Waals surface area contributed by atoms with Gasteiger partial charge in [0.1, 0.15) is 0 Å². The van der Waals surface area contributed by atoms with Crippen molar-refractivity contribution in [1.82, 2.24) is 5.32 Å². The second-order valence-corrected chi connectivity index (χ2v) is 7.39. The Balaban J connectivity index is 2.61. The maximum Gasteiger partial charge on any atom is 0.234 e. The number of nitrogens with one attached hydrogen (secondary N) is 1. The molecule has 1 N–H and O–H groups in total. The first kappa shape index (κ1) is 17.0. The van der Waals surface area contributed by atoms with Crippen molar-refractivity contribution in [1.29, 1.82) is 0 Å². The third-order valence-corrected chi connectivity index (χ3v) is 5.11. The maximum absolute atomic E-state index is 12.2. The van der Waals surface area contributed by atoms with Gasteiger partial charge in [-0.05, 0) is 37.1 Å². The van der Waals surface area contributed by atoms with Crippen molar-refractivity contribution in [3.63, 3.8) is 0 Å². The molecule has 5 heteroatoms. The number of aryl methyl sites for hydroxylation is 1. The molecule has 0 aliphatic rings. The van der Waals surface area contributed by atoms with Crippen molar-refractivity contribution >= 4 is 15.7 Å². The summed E-state index contributed by atoms with van der Waals surface area (Å²) >= 11 is 0. The van der Waals surface area contributed by atoms with E-state index in [-0.39, 0.29) is 5.75 Å². The molecule has 0 spiro atoms. The molecule has 0 aliphatic heterocycles. The summed E-state index contributed by atoms with van der Waals surface area (Å²) in [7, 11) is -1.62. The van der Waals surface area contributed by atoms with Crippen molar-refractivity contribution in [2.45, 2.75) is 39.7 Å². The molecule has 20 heavy (non-hydrogen) atoms. The van der Waals surface area contributed by atoms with E-state index >= 15 is 0 Å². The largest absolute Gasteiger partial charge is 0.314 e. The molecular formula is C15H26N2O2S. The summed E-state index contributed by atoms with van der Waals surface area (Å²) in [5, 5.41) is 3.23. The first-order valence-corrected chi connectivity index (χ1v) is 8.76. The second kappa shape index (κ2) is 7.64. The first-order chi connectivity index (χ1) is 9.36. The zero-order valence-corrected chi connectivity index (χ0v) is 13.7. The Kier molecular flexibility index (Phi) is 6.49. The summed E-state index contributed by atoms with van der Waals surface area (Å²) in [6, 6.07) is 8.06. The Bertz CT molecular complexity index is 495. The van der Waals surface area contributed by atoms with Crippen LogP contribution in [0, 0.1) is 0 Å². The van der Waals surface area contributed by atoms with Crippen LogP contribution >= 0.6 is 0 Å². The van der Waals surface area contributed by atoms with Gasteiger partial charge in [-0.25, -0.2) is 8.42 Å². The number of anilines is 1. The molecule has 0 aromatic heterocycles. The Morgan fingerprint density at radius 2 is 1.80 bits per heavy atom. The first-order valence-electron chi connectivity index (χ1n) is 7.15. The summed E-state index contributed by atoms with van der Waals surface area (Å²) in [5.74, 6) is 0.165. The van der Waals surface area contributed by atoms with E-state index in [1.54, 1.807) is 7.05 Å². The van der Waals surface area contributed by atoms with Gasteiger partial charge in [-0.3, -0.25) is 4.31 Å². The van der Waals surface area contributed by atoms with Crippen LogP contribution in [0.15, 0.2) is 24.3 Å². The van der Waals surface area contributed by atoms with Gasteiger partial charge < -0.3 is 5.32 Å². The number of benzene rings is 1. The van der Waals surface area contributed by atoms with Gasteiger partial charge in [0.2, 0.25) is 10.0 Å². The van der Waals surface area contributed by atoms with Crippen LogP contribution in [0.1, 0.15) is 32.8 Å². The van der Waals surface area contributed by atoms with Gasteiger partial charge in [-0.15, -0.1) is 0 Å². The fourth-order valence-electron chi connectivity index (χ4n) is 1.88. The lowest BCUT2D eigenvalue weighted by molar-refractivity contribution is 0.568. The third kappa shape index (κ3) is 5.13. The van der Waals surface area contributed by atoms with Gasteiger partial charge in [0.05, 0.1) is 11.4 Å². The predicted octanol–water partition coefficient (Wildman–Crippen LogP) is 2.40. The van der Waals surface area contributed by atoms with E-state index < -0.39 is 10.0 Å². The number of hydrogen-bond acceptors (Lipinski definition) is 3. The summed E-state index contributed by atoms with van der Waals surface area (Å²) in [4.78, 5) is 0. The Hall–Kier alpha value is -1.07. The topological polar surface area (TPSA) is 49.4 Å². The zero-order valence-electron chi connectivity index (χ0n) is 12.9. The van der Waals surface area contributed by atoms with Gasteiger partial charge >= 0.3 is 0 Å². The van der Waals surface area contributed by atoms with Crippen LogP contribution in [-0.4, -0.2) is 33.8 Å². The summed E-state index contributed by atoms with van der Waals surface area (Å²) in [6.07, 6.45) is 1.58. The molecule has 0 radical (unpaired) electrons. The molecule has 0 saturated carbocycles. The minimum Gasteiger partial charge on any atom is -0.314 e. The van der Waals surface area contributed by atoms with Crippen molar-refractivity contribution in [2.24, 2.45) is 0 Å². The quantitative estimate of drug-likeness (QED) is 0.750. The highest BCUT2D eigenvalue weighted by atomic mass is 32.2. The summed E-state index contributed by atoms with van der Waals surface area (Å²) in [5.41, 5.74) is 1.93. The predicted molar refractivity (Wildman–Crippen MR) is 85.8 cm³/mol. The van der Waals surface area contributed by atoms with E-state index in [4.69, 9.17) is 0 Å². The van der Waals surface area contributed by atoms with Crippen molar-refractivity contribution in [2.75, 3.05) is 23.7 Å². The fourth-order valence-corrected chi connectivity index (χ4v) is 3.11. The van der Waals surface area contributed by atoms with Crippen LogP contribution in [0.3, 0.4) is 0 Å². The molecule has 1 aromatic rings. The maximum atomic E-state index is 12.2. The fraction of sp³-hybridized carbons (Fsp3) is 0.600. The molecule has 0 amide bonds. The van der Waals surface area contributed by atoms with Crippen LogP contribution in [0.4, 0.5) is 5.69 Å². The van der Waals surface area contributed by atoms with E-state index in [0.29, 0.717) is 12.5 Å². The number of sulfonamides is 1. The molecule has 0 aliphatic carbocycles. The normalized spacial score (nSPS) is 11.8. The molecule has 1 rings (SSSR count). The van der Waals surface area contributed by atoms with Gasteiger partial charge in [0.15, 0.2) is 0 Å². The van der Waals surface area contributed by atoms with E-state index in [1.165, 1.54) is 9.87 Å². The van der Waals surface area contributed by atoms with Crippen LogP contribution in [0.25, 0.3) is 0 Å². The second-order valence-electron chi connectivity index (χ2n) is 5.27. The SMILES string of the molecule is CCc1ccc(N(C)S(=O)(=O)CCCNC(C)C)cc1. The van der Waals surface area contributed by atoms with Crippen molar-refractivity contribution in [3.8, 4) is 0 Å². The molecule has 0 unspecified atom stereocenters. The lowest BCUT2D eigenvalue weighted by Crippen LogP contribution is -2.31. The summed E-state index contributed by atoms with van der Waals surface area (Å²) in [6.45, 7) is 6.91. The van der Waals surface area contributed by atoms with Crippen LogP contribution in [-0.2, 0) is 16.4 Å². The molecule has 114 valence electrons. The highest BCUT2D eigenvalue weighted by molar-refractivity contribution is 7.92.